The maximum atomic E-state index is 11.9. The topological polar surface area (TPSA) is 78.0 Å². The Bertz CT molecular complexity index is 666. The lowest BCUT2D eigenvalue weighted by molar-refractivity contribution is -0.122. The molecule has 2 rings (SSSR count). The Morgan fingerprint density at radius 3 is 2.52 bits per heavy atom. The molecule has 3 N–H and O–H groups in total. The van der Waals surface area contributed by atoms with E-state index in [-0.39, 0.29) is 36.0 Å². The van der Waals surface area contributed by atoms with Crippen LogP contribution in [0.2, 0.25) is 5.02 Å². The largest absolute Gasteiger partial charge is 0.489 e. The second kappa shape index (κ2) is 15.5. The van der Waals surface area contributed by atoms with Gasteiger partial charge in [0.1, 0.15) is 11.9 Å². The first-order chi connectivity index (χ1) is 14.5. The minimum atomic E-state index is -0.0508. The van der Waals surface area contributed by atoms with Crippen LogP contribution in [0.3, 0.4) is 0 Å². The molecule has 0 radical (unpaired) electrons. The number of nitrogens with zero attached hydrogens (tertiary/aromatic N) is 2. The number of hydrogen-bond acceptors (Lipinski definition) is 4. The average Bonchev–Trinajstić information content (AvgIpc) is 2.74. The average molecular weight is 566 g/mol. The second-order valence-electron chi connectivity index (χ2n) is 7.65. The molecule has 1 unspecified atom stereocenters. The van der Waals surface area contributed by atoms with E-state index in [1.165, 1.54) is 0 Å². The first kappa shape index (κ1) is 27.8. The molecule has 9 heteroatoms. The molecule has 0 spiro atoms. The van der Waals surface area contributed by atoms with Gasteiger partial charge in [0, 0.05) is 37.2 Å². The maximum absolute atomic E-state index is 11.9. The summed E-state index contributed by atoms with van der Waals surface area (Å²) in [4.78, 5) is 18.8. The lowest BCUT2D eigenvalue weighted by atomic mass is 10.1. The highest BCUT2D eigenvalue weighted by Gasteiger charge is 2.21. The number of rotatable bonds is 10. The molecule has 1 aliphatic heterocycles. The summed E-state index contributed by atoms with van der Waals surface area (Å²) in [5.74, 6) is 1.71. The van der Waals surface area contributed by atoms with Crippen LogP contribution in [-0.4, -0.2) is 68.2 Å². The minimum absolute atomic E-state index is 0. The van der Waals surface area contributed by atoms with Crippen molar-refractivity contribution in [2.24, 2.45) is 4.99 Å². The lowest BCUT2D eigenvalue weighted by Crippen LogP contribution is -2.50. The van der Waals surface area contributed by atoms with Gasteiger partial charge in [0.05, 0.1) is 13.1 Å². The van der Waals surface area contributed by atoms with Crippen LogP contribution in [-0.2, 0) is 4.79 Å². The van der Waals surface area contributed by atoms with E-state index in [1.807, 2.05) is 31.2 Å². The van der Waals surface area contributed by atoms with Gasteiger partial charge in [-0.1, -0.05) is 18.5 Å². The van der Waals surface area contributed by atoms with Crippen molar-refractivity contribution >= 4 is 47.4 Å². The van der Waals surface area contributed by atoms with Gasteiger partial charge in [-0.05, 0) is 57.4 Å². The first-order valence-corrected chi connectivity index (χ1v) is 11.3. The van der Waals surface area contributed by atoms with Crippen LogP contribution in [0.15, 0.2) is 29.3 Å². The monoisotopic (exact) mass is 565 g/mol. The van der Waals surface area contributed by atoms with E-state index < -0.39 is 0 Å². The number of hydrogen-bond donors (Lipinski definition) is 3. The summed E-state index contributed by atoms with van der Waals surface area (Å²) in [6, 6.07) is 7.71. The van der Waals surface area contributed by atoms with E-state index in [0.717, 1.165) is 57.2 Å². The Morgan fingerprint density at radius 1 is 1.23 bits per heavy atom. The number of halogens is 2. The number of carbonyl (C=O) groups is 1. The third-order valence-electron chi connectivity index (χ3n) is 4.87. The molecule has 0 aliphatic carbocycles. The molecule has 1 aromatic rings. The van der Waals surface area contributed by atoms with Gasteiger partial charge in [0.2, 0.25) is 5.91 Å². The summed E-state index contributed by atoms with van der Waals surface area (Å²) in [5, 5.41) is 10.5. The fourth-order valence-corrected chi connectivity index (χ4v) is 3.40. The summed E-state index contributed by atoms with van der Waals surface area (Å²) < 4.78 is 5.90. The van der Waals surface area contributed by atoms with E-state index in [0.29, 0.717) is 24.2 Å². The molecule has 1 fully saturated rings. The fourth-order valence-electron chi connectivity index (χ4n) is 3.27. The Hall–Kier alpha value is -1.26. The first-order valence-electron chi connectivity index (χ1n) is 11.0. The molecule has 31 heavy (non-hydrogen) atoms. The normalized spacial score (nSPS) is 16.2. The highest BCUT2D eigenvalue weighted by atomic mass is 127. The molecule has 1 aromatic carbocycles. The molecular weight excluding hydrogens is 529 g/mol. The minimum Gasteiger partial charge on any atom is -0.489 e. The molecule has 1 atom stereocenters. The summed E-state index contributed by atoms with van der Waals surface area (Å²) in [5.41, 5.74) is 0. The Kier molecular flexibility index (Phi) is 13.9. The van der Waals surface area contributed by atoms with Crippen LogP contribution in [0.1, 0.15) is 40.0 Å². The molecule has 7 nitrogen and oxygen atoms in total. The van der Waals surface area contributed by atoms with E-state index >= 15 is 0 Å². The standard InChI is InChI=1S/C22H36ClN5O2.HI/c1-4-12-25-21(29)16-28-13-10-19(11-14-28)27-22(24-5-2)26-15-17(3)30-20-8-6-18(23)7-9-20;/h6-9,17,19H,4-5,10-16H2,1-3H3,(H,25,29)(H2,24,26,27);1H. The quantitative estimate of drug-likeness (QED) is 0.231. The number of likely N-dealkylation sites (tertiary alicyclic amines) is 1. The highest BCUT2D eigenvalue weighted by molar-refractivity contribution is 14.0. The molecule has 0 bridgehead atoms. The molecule has 1 saturated heterocycles. The summed E-state index contributed by atoms with van der Waals surface area (Å²) in [7, 11) is 0. The van der Waals surface area contributed by atoms with Crippen molar-refractivity contribution < 1.29 is 9.53 Å². The van der Waals surface area contributed by atoms with E-state index in [2.05, 4.69) is 39.7 Å². The molecule has 0 saturated carbocycles. The number of benzene rings is 1. The van der Waals surface area contributed by atoms with Crippen LogP contribution in [0.25, 0.3) is 0 Å². The van der Waals surface area contributed by atoms with Crippen LogP contribution in [0.4, 0.5) is 0 Å². The molecule has 1 amide bonds. The smallest absolute Gasteiger partial charge is 0.234 e. The third-order valence-corrected chi connectivity index (χ3v) is 5.12. The number of guanidine groups is 1. The highest BCUT2D eigenvalue weighted by Crippen LogP contribution is 2.17. The third kappa shape index (κ3) is 11.2. The summed E-state index contributed by atoms with van der Waals surface area (Å²) in [6.07, 6.45) is 2.89. The Labute approximate surface area is 208 Å². The molecule has 0 aromatic heterocycles. The van der Waals surface area contributed by atoms with Gasteiger partial charge in [-0.15, -0.1) is 24.0 Å². The predicted molar refractivity (Wildman–Crippen MR) is 139 cm³/mol. The lowest BCUT2D eigenvalue weighted by Gasteiger charge is -2.32. The summed E-state index contributed by atoms with van der Waals surface area (Å²) in [6.45, 7) is 10.5. The number of ether oxygens (including phenoxy) is 1. The Morgan fingerprint density at radius 2 is 1.90 bits per heavy atom. The second-order valence-corrected chi connectivity index (χ2v) is 8.08. The number of aliphatic imine (C=N–C) groups is 1. The van der Waals surface area contributed by atoms with Gasteiger partial charge in [0.15, 0.2) is 5.96 Å². The van der Waals surface area contributed by atoms with Gasteiger partial charge in [-0.2, -0.15) is 0 Å². The van der Waals surface area contributed by atoms with Gasteiger partial charge in [0.25, 0.3) is 0 Å². The zero-order chi connectivity index (χ0) is 21.8. The zero-order valence-electron chi connectivity index (χ0n) is 18.8. The van der Waals surface area contributed by atoms with Crippen LogP contribution in [0.5, 0.6) is 5.75 Å². The molecular formula is C22H37ClIN5O2. The van der Waals surface area contributed by atoms with Gasteiger partial charge in [-0.3, -0.25) is 9.69 Å². The summed E-state index contributed by atoms with van der Waals surface area (Å²) >= 11 is 5.92. The SMILES string of the molecule is CCCNC(=O)CN1CCC(NC(=NCC(C)Oc2ccc(Cl)cc2)NCC)CC1.I. The maximum Gasteiger partial charge on any atom is 0.234 e. The number of amides is 1. The van der Waals surface area contributed by atoms with Gasteiger partial charge >= 0.3 is 0 Å². The van der Waals surface area contributed by atoms with Crippen molar-refractivity contribution in [3.05, 3.63) is 29.3 Å². The van der Waals surface area contributed by atoms with E-state index in [9.17, 15) is 4.79 Å². The van der Waals surface area contributed by atoms with Crippen molar-refractivity contribution in [2.75, 3.05) is 39.3 Å². The number of piperidine rings is 1. The van der Waals surface area contributed by atoms with Crippen molar-refractivity contribution in [3.8, 4) is 5.75 Å². The molecule has 1 aliphatic rings. The van der Waals surface area contributed by atoms with Crippen molar-refractivity contribution in [1.29, 1.82) is 0 Å². The van der Waals surface area contributed by atoms with Gasteiger partial charge in [-0.25, -0.2) is 4.99 Å². The Balaban J connectivity index is 0.00000480. The fraction of sp³-hybridized carbons (Fsp3) is 0.636. The molecule has 1 heterocycles. The zero-order valence-corrected chi connectivity index (χ0v) is 21.9. The van der Waals surface area contributed by atoms with Crippen LogP contribution >= 0.6 is 35.6 Å². The van der Waals surface area contributed by atoms with E-state index in [1.54, 1.807) is 0 Å². The van der Waals surface area contributed by atoms with Crippen molar-refractivity contribution in [1.82, 2.24) is 20.9 Å². The van der Waals surface area contributed by atoms with Crippen LogP contribution in [0, 0.1) is 0 Å². The van der Waals surface area contributed by atoms with Crippen LogP contribution < -0.4 is 20.7 Å². The van der Waals surface area contributed by atoms with E-state index in [4.69, 9.17) is 16.3 Å². The number of nitrogens with one attached hydrogen (secondary N) is 3. The molecule has 176 valence electrons. The van der Waals surface area contributed by atoms with Crippen molar-refractivity contribution in [3.63, 3.8) is 0 Å². The van der Waals surface area contributed by atoms with Gasteiger partial charge < -0.3 is 20.7 Å². The van der Waals surface area contributed by atoms with Crippen molar-refractivity contribution in [2.45, 2.75) is 52.2 Å². The predicted octanol–water partition coefficient (Wildman–Crippen LogP) is 3.27. The number of carbonyl (C=O) groups excluding carboxylic acids is 1.